The number of methoxy groups -OCH3 is 1. The second-order valence-electron chi connectivity index (χ2n) is 13.7. The highest BCUT2D eigenvalue weighted by Crippen LogP contribution is 2.47. The number of carbonyl (C=O) groups is 1. The van der Waals surface area contributed by atoms with Gasteiger partial charge in [0.25, 0.3) is 5.56 Å². The first-order chi connectivity index (χ1) is 24.1. The minimum Gasteiger partial charge on any atom is -0.481 e. The van der Waals surface area contributed by atoms with Crippen LogP contribution in [0.15, 0.2) is 59.5 Å². The van der Waals surface area contributed by atoms with Gasteiger partial charge in [0.15, 0.2) is 0 Å². The van der Waals surface area contributed by atoms with Crippen molar-refractivity contribution in [2.24, 2.45) is 7.05 Å². The standard InChI is InChI=1S/C38H37Cl2N7O3/c1-21-17-23-19-41-46(2)37(49)32(23)35(42-21)43-27-10-5-8-25(34(27)40)24-7-4-9-26(33(24)39)28-18-22-12-13-29(31(22)36(44-28)50-3)47-16-15-38(20-47)14-6-11-30(48)45-38/h4-5,7-10,17-19,29H,6,11-16,20H2,1-3H3,(H,42,43)(H,45,48). The normalized spacial score (nSPS) is 20.3. The lowest BCUT2D eigenvalue weighted by molar-refractivity contribution is -0.125. The molecule has 2 N–H and O–H groups in total. The Bertz CT molecular complexity index is 2260. The van der Waals surface area contributed by atoms with Crippen LogP contribution >= 0.6 is 23.2 Å². The Morgan fingerprint density at radius 1 is 1.00 bits per heavy atom. The molecule has 2 saturated heterocycles. The largest absolute Gasteiger partial charge is 0.481 e. The highest BCUT2D eigenvalue weighted by Gasteiger charge is 2.45. The van der Waals surface area contributed by atoms with Crippen LogP contribution in [-0.2, 0) is 18.3 Å². The van der Waals surface area contributed by atoms with E-state index in [2.05, 4.69) is 31.7 Å². The Hall–Kier alpha value is -4.51. The molecular formula is C38H37Cl2N7O3. The van der Waals surface area contributed by atoms with E-state index in [4.69, 9.17) is 32.9 Å². The molecule has 50 heavy (non-hydrogen) atoms. The minimum atomic E-state index is -0.258. The number of hydrogen-bond acceptors (Lipinski definition) is 8. The van der Waals surface area contributed by atoms with E-state index >= 15 is 0 Å². The first kappa shape index (κ1) is 32.7. The molecule has 1 aliphatic carbocycles. The second kappa shape index (κ2) is 12.7. The lowest BCUT2D eigenvalue weighted by Crippen LogP contribution is -2.53. The molecule has 8 rings (SSSR count). The van der Waals surface area contributed by atoms with Crippen molar-refractivity contribution in [3.8, 4) is 28.3 Å². The first-order valence-electron chi connectivity index (χ1n) is 17.0. The van der Waals surface area contributed by atoms with Crippen LogP contribution in [0.2, 0.25) is 10.0 Å². The van der Waals surface area contributed by atoms with Gasteiger partial charge in [-0.1, -0.05) is 53.5 Å². The van der Waals surface area contributed by atoms with Crippen molar-refractivity contribution in [3.05, 3.63) is 91.9 Å². The van der Waals surface area contributed by atoms with Crippen LogP contribution in [0.1, 0.15) is 55.0 Å². The topological polar surface area (TPSA) is 114 Å². The van der Waals surface area contributed by atoms with Gasteiger partial charge in [0, 0.05) is 65.9 Å². The van der Waals surface area contributed by atoms with E-state index in [1.165, 1.54) is 10.2 Å². The van der Waals surface area contributed by atoms with Gasteiger partial charge < -0.3 is 15.4 Å². The molecule has 3 aromatic heterocycles. The summed E-state index contributed by atoms with van der Waals surface area (Å²) in [6.07, 6.45) is 7.09. The molecule has 2 aromatic carbocycles. The zero-order chi connectivity index (χ0) is 34.7. The number of rotatable bonds is 6. The maximum absolute atomic E-state index is 13.1. The summed E-state index contributed by atoms with van der Waals surface area (Å²) in [6.45, 7) is 3.65. The Kier molecular flexibility index (Phi) is 8.28. The van der Waals surface area contributed by atoms with E-state index in [0.717, 1.165) is 78.8 Å². The minimum absolute atomic E-state index is 0.125. The zero-order valence-electron chi connectivity index (χ0n) is 28.1. The summed E-state index contributed by atoms with van der Waals surface area (Å²) in [5.74, 6) is 1.18. The number of nitrogens with zero attached hydrogens (tertiary/aromatic N) is 5. The van der Waals surface area contributed by atoms with Gasteiger partial charge in [-0.05, 0) is 62.8 Å². The molecule has 3 aliphatic rings. The highest BCUT2D eigenvalue weighted by molar-refractivity contribution is 6.39. The van der Waals surface area contributed by atoms with Crippen LogP contribution in [0.5, 0.6) is 5.88 Å². The fourth-order valence-electron chi connectivity index (χ4n) is 8.11. The number of likely N-dealkylation sites (tertiary alicyclic amines) is 1. The molecule has 2 fully saturated rings. The molecule has 0 bridgehead atoms. The number of aryl methyl sites for hydroxylation is 3. The Labute approximate surface area is 299 Å². The molecule has 2 aliphatic heterocycles. The van der Waals surface area contributed by atoms with Crippen LogP contribution in [-0.4, -0.2) is 56.3 Å². The van der Waals surface area contributed by atoms with Crippen molar-refractivity contribution in [2.75, 3.05) is 25.5 Å². The molecule has 256 valence electrons. The third-order valence-corrected chi connectivity index (χ3v) is 11.3. The van der Waals surface area contributed by atoms with Crippen molar-refractivity contribution >= 4 is 51.4 Å². The van der Waals surface area contributed by atoms with E-state index in [1.54, 1.807) is 20.4 Å². The Morgan fingerprint density at radius 3 is 2.58 bits per heavy atom. The molecule has 10 nitrogen and oxygen atoms in total. The fourth-order valence-corrected chi connectivity index (χ4v) is 8.71. The van der Waals surface area contributed by atoms with Gasteiger partial charge in [-0.25, -0.2) is 14.6 Å². The second-order valence-corrected chi connectivity index (χ2v) is 14.4. The average molecular weight is 711 g/mol. The number of piperidine rings is 1. The van der Waals surface area contributed by atoms with Gasteiger partial charge in [0.1, 0.15) is 5.82 Å². The number of benzene rings is 2. The third-order valence-electron chi connectivity index (χ3n) is 10.5. The summed E-state index contributed by atoms with van der Waals surface area (Å²) in [7, 11) is 3.28. The van der Waals surface area contributed by atoms with Crippen LogP contribution < -0.4 is 20.9 Å². The lowest BCUT2D eigenvalue weighted by atomic mass is 9.88. The van der Waals surface area contributed by atoms with Gasteiger partial charge in [-0.15, -0.1) is 0 Å². The molecule has 2 atom stereocenters. The SMILES string of the molecule is COc1nc(-c2cccc(-c3cccc(Nc4nc(C)cc5cnn(C)c(=O)c45)c3Cl)c2Cl)cc2c1C(N1CCC3(CCCC(=O)N3)C1)CC2. The molecule has 0 saturated carbocycles. The number of fused-ring (bicyclic) bond motifs is 2. The molecular weight excluding hydrogens is 673 g/mol. The number of halogens is 2. The molecule has 5 aromatic rings. The molecule has 1 spiro atoms. The number of nitrogens with one attached hydrogen (secondary N) is 2. The van der Waals surface area contributed by atoms with Gasteiger partial charge in [-0.3, -0.25) is 14.5 Å². The molecule has 2 unspecified atom stereocenters. The van der Waals surface area contributed by atoms with E-state index in [9.17, 15) is 9.59 Å². The zero-order valence-corrected chi connectivity index (χ0v) is 29.7. The highest BCUT2D eigenvalue weighted by atomic mass is 35.5. The van der Waals surface area contributed by atoms with E-state index in [0.29, 0.717) is 44.6 Å². The summed E-state index contributed by atoms with van der Waals surface area (Å²) in [5, 5.41) is 12.9. The number of ether oxygens (including phenoxy) is 1. The summed E-state index contributed by atoms with van der Waals surface area (Å²) >= 11 is 14.3. The quantitative estimate of drug-likeness (QED) is 0.191. The molecule has 5 heterocycles. The fraction of sp³-hybridized carbons (Fsp3) is 0.342. The third kappa shape index (κ3) is 5.59. The van der Waals surface area contributed by atoms with Gasteiger partial charge in [0.2, 0.25) is 11.8 Å². The van der Waals surface area contributed by atoms with Crippen molar-refractivity contribution in [1.29, 1.82) is 0 Å². The summed E-state index contributed by atoms with van der Waals surface area (Å²) in [5.41, 5.74) is 6.25. The smallest absolute Gasteiger partial charge is 0.278 e. The molecule has 1 amide bonds. The van der Waals surface area contributed by atoms with Crippen molar-refractivity contribution < 1.29 is 9.53 Å². The monoisotopic (exact) mass is 709 g/mol. The summed E-state index contributed by atoms with van der Waals surface area (Å²) in [4.78, 5) is 37.5. The first-order valence-corrected chi connectivity index (χ1v) is 17.7. The van der Waals surface area contributed by atoms with Gasteiger partial charge in [-0.2, -0.15) is 5.10 Å². The number of carbonyl (C=O) groups excluding carboxylic acids is 1. The number of pyridine rings is 2. The Morgan fingerprint density at radius 2 is 1.78 bits per heavy atom. The van der Waals surface area contributed by atoms with E-state index in [1.807, 2.05) is 49.4 Å². The number of hydrogen-bond donors (Lipinski definition) is 2. The molecule has 0 radical (unpaired) electrons. The summed E-state index contributed by atoms with van der Waals surface area (Å²) < 4.78 is 7.24. The van der Waals surface area contributed by atoms with E-state index < -0.39 is 0 Å². The predicted molar refractivity (Wildman–Crippen MR) is 196 cm³/mol. The summed E-state index contributed by atoms with van der Waals surface area (Å²) in [6, 6.07) is 15.7. The number of amides is 1. The van der Waals surface area contributed by atoms with Crippen LogP contribution in [0.25, 0.3) is 33.2 Å². The molecule has 12 heteroatoms. The van der Waals surface area contributed by atoms with Crippen LogP contribution in [0.3, 0.4) is 0 Å². The number of aromatic nitrogens is 4. The van der Waals surface area contributed by atoms with Crippen LogP contribution in [0, 0.1) is 6.92 Å². The van der Waals surface area contributed by atoms with Gasteiger partial charge >= 0.3 is 0 Å². The van der Waals surface area contributed by atoms with Crippen molar-refractivity contribution in [2.45, 2.75) is 57.0 Å². The Balaban J connectivity index is 1.12. The lowest BCUT2D eigenvalue weighted by Gasteiger charge is -2.35. The maximum atomic E-state index is 13.1. The van der Waals surface area contributed by atoms with Crippen molar-refractivity contribution in [3.63, 3.8) is 0 Å². The predicted octanol–water partition coefficient (Wildman–Crippen LogP) is 7.16. The number of anilines is 2. The van der Waals surface area contributed by atoms with Gasteiger partial charge in [0.05, 0.1) is 45.7 Å². The maximum Gasteiger partial charge on any atom is 0.278 e. The average Bonchev–Trinajstić information content (AvgIpc) is 3.71. The van der Waals surface area contributed by atoms with Crippen LogP contribution in [0.4, 0.5) is 11.5 Å². The van der Waals surface area contributed by atoms with E-state index in [-0.39, 0.29) is 23.0 Å². The van der Waals surface area contributed by atoms with Crippen molar-refractivity contribution in [1.82, 2.24) is 30.0 Å².